The van der Waals surface area contributed by atoms with Crippen LogP contribution < -0.4 is 0 Å². The minimum Gasteiger partial charge on any atom is -0.479 e. The van der Waals surface area contributed by atoms with Crippen molar-refractivity contribution in [2.24, 2.45) is 9.63 Å². The summed E-state index contributed by atoms with van der Waals surface area (Å²) in [6, 6.07) is 14.8. The van der Waals surface area contributed by atoms with Crippen LogP contribution in [-0.2, 0) is 19.6 Å². The van der Waals surface area contributed by atoms with E-state index in [1.807, 2.05) is 30.3 Å². The maximum absolute atomic E-state index is 12.2. The van der Waals surface area contributed by atoms with E-state index in [-0.39, 0.29) is 4.90 Å². The molecule has 1 heterocycles. The molecule has 0 spiro atoms. The number of rotatable bonds is 6. The van der Waals surface area contributed by atoms with Crippen LogP contribution in [0.15, 0.2) is 73.6 Å². The Morgan fingerprint density at radius 2 is 1.67 bits per heavy atom. The zero-order valence-corrected chi connectivity index (χ0v) is 16.3. The Hall–Kier alpha value is -3.70. The van der Waals surface area contributed by atoms with Crippen molar-refractivity contribution < 1.29 is 32.7 Å². The highest BCUT2D eigenvalue weighted by Gasteiger charge is 2.24. The van der Waals surface area contributed by atoms with Gasteiger partial charge in [0, 0.05) is 5.56 Å². The molecule has 154 valence electrons. The molecule has 1 aromatic heterocycles. The molecule has 11 heteroatoms. The summed E-state index contributed by atoms with van der Waals surface area (Å²) in [6.45, 7) is 1.73. The van der Waals surface area contributed by atoms with E-state index < -0.39 is 28.0 Å². The van der Waals surface area contributed by atoms with Crippen molar-refractivity contribution in [3.8, 4) is 22.4 Å². The fourth-order valence-corrected chi connectivity index (χ4v) is 3.36. The fraction of sp³-hybridized carbons (Fsp3) is 0.105. The number of carbonyl (C=O) groups is 2. The van der Waals surface area contributed by atoms with Crippen LogP contribution in [0.25, 0.3) is 22.4 Å². The first-order chi connectivity index (χ1) is 14.2. The van der Waals surface area contributed by atoms with E-state index >= 15 is 0 Å². The van der Waals surface area contributed by atoms with Crippen molar-refractivity contribution in [1.82, 2.24) is 5.16 Å². The zero-order valence-electron chi connectivity index (χ0n) is 15.5. The van der Waals surface area contributed by atoms with E-state index in [4.69, 9.17) is 14.7 Å². The van der Waals surface area contributed by atoms with Crippen LogP contribution >= 0.6 is 0 Å². The number of amides is 1. The molecule has 10 nitrogen and oxygen atoms in total. The molecule has 0 aliphatic rings. The van der Waals surface area contributed by atoms with Gasteiger partial charge in [-0.2, -0.15) is 8.42 Å². The quantitative estimate of drug-likeness (QED) is 0.446. The van der Waals surface area contributed by atoms with Crippen LogP contribution in [0, 0.1) is 6.92 Å². The first-order valence-corrected chi connectivity index (χ1v) is 9.89. The summed E-state index contributed by atoms with van der Waals surface area (Å²) in [5.74, 6) is -2.92. The Labute approximate surface area is 170 Å². The molecule has 3 rings (SSSR count). The van der Waals surface area contributed by atoms with E-state index in [9.17, 15) is 18.0 Å². The number of carboxylic acids is 1. The minimum absolute atomic E-state index is 0.275. The summed E-state index contributed by atoms with van der Waals surface area (Å²) in [5.41, 5.74) is 2.74. The standard InChI is InChI=1S/C19H15N3O7S/c1-11-15(16(21-29-11)13-5-3-2-4-6-13)12-7-9-14(10-8-12)30(27,28)22-20-18(24)17(23)19(25)26/h2-10,17,23H,1H3,(H,25,26)/b22-20+. The highest BCUT2D eigenvalue weighted by atomic mass is 32.2. The number of hydrogen-bond donors (Lipinski definition) is 2. The van der Waals surface area contributed by atoms with Gasteiger partial charge in [-0.05, 0) is 24.6 Å². The number of aliphatic carboxylic acids is 1. The van der Waals surface area contributed by atoms with Crippen LogP contribution in [0.5, 0.6) is 0 Å². The summed E-state index contributed by atoms with van der Waals surface area (Å²) >= 11 is 0. The molecule has 2 N–H and O–H groups in total. The van der Waals surface area contributed by atoms with Crippen molar-refractivity contribution >= 4 is 21.9 Å². The molecule has 1 unspecified atom stereocenters. The molecule has 0 aliphatic heterocycles. The molecule has 3 aromatic rings. The summed E-state index contributed by atoms with van der Waals surface area (Å²) in [7, 11) is -4.38. The monoisotopic (exact) mass is 429 g/mol. The van der Waals surface area contributed by atoms with E-state index in [2.05, 4.69) is 14.8 Å². The molecule has 2 aromatic carbocycles. The average molecular weight is 429 g/mol. The highest BCUT2D eigenvalue weighted by Crippen LogP contribution is 2.34. The Morgan fingerprint density at radius 1 is 1.03 bits per heavy atom. The second-order valence-electron chi connectivity index (χ2n) is 6.09. The topological polar surface area (TPSA) is 159 Å². The molecule has 0 bridgehead atoms. The third-order valence-electron chi connectivity index (χ3n) is 4.07. The van der Waals surface area contributed by atoms with Gasteiger partial charge in [0.05, 0.1) is 10.5 Å². The van der Waals surface area contributed by atoms with Gasteiger partial charge in [0.25, 0.3) is 10.0 Å². The molecular weight excluding hydrogens is 414 g/mol. The molecule has 1 amide bonds. The Balaban J connectivity index is 1.90. The SMILES string of the molecule is Cc1onc(-c2ccccc2)c1-c1ccc(S(=O)(=O)/N=N/C(=O)C(O)C(=O)O)cc1. The number of sulfonamides is 1. The van der Waals surface area contributed by atoms with E-state index in [0.717, 1.165) is 5.56 Å². The highest BCUT2D eigenvalue weighted by molar-refractivity contribution is 7.90. The minimum atomic E-state index is -4.38. The summed E-state index contributed by atoms with van der Waals surface area (Å²) in [5, 5.41) is 24.4. The number of aliphatic hydroxyl groups is 1. The predicted octanol–water partition coefficient (Wildman–Crippen LogP) is 2.43. The van der Waals surface area contributed by atoms with Gasteiger partial charge in [-0.15, -0.1) is 0 Å². The van der Waals surface area contributed by atoms with Gasteiger partial charge in [-0.1, -0.05) is 57.3 Å². The smallest absolute Gasteiger partial charge is 0.342 e. The molecule has 0 radical (unpaired) electrons. The lowest BCUT2D eigenvalue weighted by molar-refractivity contribution is -0.151. The van der Waals surface area contributed by atoms with Gasteiger partial charge >= 0.3 is 11.9 Å². The van der Waals surface area contributed by atoms with E-state index in [1.165, 1.54) is 24.3 Å². The largest absolute Gasteiger partial charge is 0.479 e. The Bertz CT molecular complexity index is 1220. The van der Waals surface area contributed by atoms with Gasteiger partial charge < -0.3 is 14.7 Å². The van der Waals surface area contributed by atoms with Gasteiger partial charge in [0.2, 0.25) is 6.10 Å². The van der Waals surface area contributed by atoms with Gasteiger partial charge in [0.1, 0.15) is 11.5 Å². The predicted molar refractivity (Wildman–Crippen MR) is 103 cm³/mol. The van der Waals surface area contributed by atoms with E-state index in [1.54, 1.807) is 6.92 Å². The molecule has 0 fully saturated rings. The molecule has 0 aliphatic carbocycles. The van der Waals surface area contributed by atoms with Crippen molar-refractivity contribution in [3.63, 3.8) is 0 Å². The number of nitrogens with zero attached hydrogens (tertiary/aromatic N) is 3. The summed E-state index contributed by atoms with van der Waals surface area (Å²) in [4.78, 5) is 21.5. The van der Waals surface area contributed by atoms with Crippen LogP contribution in [0.3, 0.4) is 0 Å². The van der Waals surface area contributed by atoms with Crippen molar-refractivity contribution in [2.75, 3.05) is 0 Å². The van der Waals surface area contributed by atoms with Crippen LogP contribution in [0.2, 0.25) is 0 Å². The number of carboxylic acid groups (broad SMARTS) is 1. The molecule has 0 saturated carbocycles. The van der Waals surface area contributed by atoms with Gasteiger partial charge in [-0.3, -0.25) is 4.79 Å². The third-order valence-corrected chi connectivity index (χ3v) is 5.23. The first kappa shape index (κ1) is 21.0. The Morgan fingerprint density at radius 3 is 2.27 bits per heavy atom. The second-order valence-corrected chi connectivity index (χ2v) is 7.67. The molecule has 0 saturated heterocycles. The van der Waals surface area contributed by atoms with Gasteiger partial charge in [-0.25, -0.2) is 4.79 Å². The molecular formula is C19H15N3O7S. The maximum atomic E-state index is 12.2. The van der Waals surface area contributed by atoms with Crippen LogP contribution in [0.4, 0.5) is 0 Å². The van der Waals surface area contributed by atoms with Crippen molar-refractivity contribution in [1.29, 1.82) is 0 Å². The Kier molecular flexibility index (Phi) is 5.85. The summed E-state index contributed by atoms with van der Waals surface area (Å²) < 4.78 is 32.6. The number of hydrogen-bond acceptors (Lipinski definition) is 7. The molecule has 30 heavy (non-hydrogen) atoms. The van der Waals surface area contributed by atoms with Crippen molar-refractivity contribution in [3.05, 3.63) is 60.4 Å². The number of benzene rings is 2. The number of aliphatic hydroxyl groups excluding tert-OH is 1. The van der Waals surface area contributed by atoms with E-state index in [0.29, 0.717) is 22.6 Å². The normalized spacial score (nSPS) is 12.7. The zero-order chi connectivity index (χ0) is 21.9. The lowest BCUT2D eigenvalue weighted by Crippen LogP contribution is -2.27. The number of carbonyl (C=O) groups excluding carboxylic acids is 1. The summed E-state index contributed by atoms with van der Waals surface area (Å²) in [6.07, 6.45) is -2.49. The number of aryl methyl sites for hydroxylation is 1. The average Bonchev–Trinajstić information content (AvgIpc) is 3.13. The van der Waals surface area contributed by atoms with Crippen LogP contribution in [0.1, 0.15) is 5.76 Å². The maximum Gasteiger partial charge on any atom is 0.342 e. The fourth-order valence-electron chi connectivity index (χ4n) is 2.60. The van der Waals surface area contributed by atoms with Crippen molar-refractivity contribution in [2.45, 2.75) is 17.9 Å². The lowest BCUT2D eigenvalue weighted by Gasteiger charge is -2.04. The molecule has 1 atom stereocenters. The second kappa shape index (κ2) is 8.35. The lowest BCUT2D eigenvalue weighted by atomic mass is 10.00. The first-order valence-electron chi connectivity index (χ1n) is 8.45. The number of aromatic nitrogens is 1. The van der Waals surface area contributed by atoms with Gasteiger partial charge in [0.15, 0.2) is 0 Å². The third kappa shape index (κ3) is 4.31. The van der Waals surface area contributed by atoms with Crippen LogP contribution in [-0.4, -0.2) is 41.8 Å².